The zero-order valence-corrected chi connectivity index (χ0v) is 18.3. The van der Waals surface area contributed by atoms with Crippen molar-refractivity contribution in [2.75, 3.05) is 37.5 Å². The summed E-state index contributed by atoms with van der Waals surface area (Å²) in [6.45, 7) is 1.71. The molecule has 9 heteroatoms. The number of anilines is 2. The molecule has 2 aromatic carbocycles. The fraction of sp³-hybridized carbons (Fsp3) is 0.318. The van der Waals surface area contributed by atoms with Crippen LogP contribution in [0.2, 0.25) is 5.02 Å². The quantitative estimate of drug-likeness (QED) is 0.707. The van der Waals surface area contributed by atoms with Crippen LogP contribution in [0, 0.1) is 0 Å². The number of carbonyl (C=O) groups excluding carboxylic acids is 3. The zero-order chi connectivity index (χ0) is 22.5. The summed E-state index contributed by atoms with van der Waals surface area (Å²) in [6.07, 6.45) is -0.557. The van der Waals surface area contributed by atoms with Crippen molar-refractivity contribution in [3.8, 4) is 11.5 Å². The molecular weight excluding hydrogens is 422 g/mol. The van der Waals surface area contributed by atoms with Crippen LogP contribution in [0.1, 0.15) is 13.3 Å². The van der Waals surface area contributed by atoms with Crippen LogP contribution in [0.4, 0.5) is 11.4 Å². The number of benzene rings is 2. The van der Waals surface area contributed by atoms with Gasteiger partial charge in [0.05, 0.1) is 25.0 Å². The van der Waals surface area contributed by atoms with Gasteiger partial charge >= 0.3 is 0 Å². The molecule has 31 heavy (non-hydrogen) atoms. The molecule has 1 unspecified atom stereocenters. The molecule has 0 saturated heterocycles. The minimum absolute atomic E-state index is 0.0665. The van der Waals surface area contributed by atoms with Crippen molar-refractivity contribution in [1.29, 1.82) is 0 Å². The van der Waals surface area contributed by atoms with Gasteiger partial charge in [-0.25, -0.2) is 0 Å². The number of halogens is 1. The standard InChI is InChI=1S/C22H24ClN3O5/c1-14-22(29)26(17-6-4-5-7-19(17)31-14)11-10-21(28)25(2)13-20(27)24-16-12-15(23)8-9-18(16)30-3/h4-9,12,14H,10-11,13H2,1-3H3,(H,24,27). The summed E-state index contributed by atoms with van der Waals surface area (Å²) >= 11 is 5.97. The number of fused-ring (bicyclic) bond motifs is 1. The Morgan fingerprint density at radius 2 is 2.00 bits per heavy atom. The molecule has 1 N–H and O–H groups in total. The van der Waals surface area contributed by atoms with Crippen molar-refractivity contribution in [2.45, 2.75) is 19.4 Å². The van der Waals surface area contributed by atoms with E-state index in [0.29, 0.717) is 27.9 Å². The Bertz CT molecular complexity index is 997. The Morgan fingerprint density at radius 1 is 1.26 bits per heavy atom. The number of methoxy groups -OCH3 is 1. The van der Waals surface area contributed by atoms with E-state index >= 15 is 0 Å². The van der Waals surface area contributed by atoms with Crippen LogP contribution < -0.4 is 19.7 Å². The summed E-state index contributed by atoms with van der Waals surface area (Å²) in [5.74, 6) is 0.200. The molecular formula is C22H24ClN3O5. The van der Waals surface area contributed by atoms with Gasteiger partial charge in [0.1, 0.15) is 11.5 Å². The highest BCUT2D eigenvalue weighted by atomic mass is 35.5. The number of para-hydroxylation sites is 2. The van der Waals surface area contributed by atoms with E-state index in [1.807, 2.05) is 6.07 Å². The first-order valence-corrected chi connectivity index (χ1v) is 10.1. The molecule has 8 nitrogen and oxygen atoms in total. The maximum Gasteiger partial charge on any atom is 0.267 e. The first-order chi connectivity index (χ1) is 14.8. The summed E-state index contributed by atoms with van der Waals surface area (Å²) in [6, 6.07) is 12.1. The van der Waals surface area contributed by atoms with Gasteiger partial charge in [0.25, 0.3) is 5.91 Å². The third-order valence-electron chi connectivity index (χ3n) is 4.87. The smallest absolute Gasteiger partial charge is 0.267 e. The summed E-state index contributed by atoms with van der Waals surface area (Å²) in [4.78, 5) is 40.4. The van der Waals surface area contributed by atoms with Gasteiger partial charge < -0.3 is 24.6 Å². The zero-order valence-electron chi connectivity index (χ0n) is 17.6. The lowest BCUT2D eigenvalue weighted by molar-refractivity contribution is -0.133. The lowest BCUT2D eigenvalue weighted by Crippen LogP contribution is -2.46. The average molecular weight is 446 g/mol. The summed E-state index contributed by atoms with van der Waals surface area (Å²) < 4.78 is 10.8. The Kier molecular flexibility index (Phi) is 7.02. The third kappa shape index (κ3) is 5.27. The van der Waals surface area contributed by atoms with Gasteiger partial charge in [-0.05, 0) is 37.3 Å². The van der Waals surface area contributed by atoms with Crippen molar-refractivity contribution in [3.05, 3.63) is 47.5 Å². The second kappa shape index (κ2) is 9.70. The van der Waals surface area contributed by atoms with E-state index in [1.165, 1.54) is 19.1 Å². The monoisotopic (exact) mass is 445 g/mol. The average Bonchev–Trinajstić information content (AvgIpc) is 2.74. The Labute approximate surface area is 185 Å². The number of nitrogens with one attached hydrogen (secondary N) is 1. The molecule has 0 aliphatic carbocycles. The van der Waals surface area contributed by atoms with Gasteiger partial charge in [0, 0.05) is 25.0 Å². The topological polar surface area (TPSA) is 88.2 Å². The van der Waals surface area contributed by atoms with Crippen molar-refractivity contribution in [2.24, 2.45) is 0 Å². The molecule has 0 spiro atoms. The van der Waals surface area contributed by atoms with Crippen LogP contribution in [0.15, 0.2) is 42.5 Å². The van der Waals surface area contributed by atoms with Crippen molar-refractivity contribution in [1.82, 2.24) is 4.90 Å². The molecule has 0 saturated carbocycles. The molecule has 0 radical (unpaired) electrons. The van der Waals surface area contributed by atoms with Gasteiger partial charge in [-0.1, -0.05) is 23.7 Å². The van der Waals surface area contributed by atoms with E-state index in [1.54, 1.807) is 48.2 Å². The van der Waals surface area contributed by atoms with E-state index in [0.717, 1.165) is 0 Å². The molecule has 1 aliphatic heterocycles. The maximum absolute atomic E-state index is 12.6. The number of amides is 3. The molecule has 164 valence electrons. The van der Waals surface area contributed by atoms with E-state index in [9.17, 15) is 14.4 Å². The molecule has 1 heterocycles. The van der Waals surface area contributed by atoms with Gasteiger partial charge in [0.15, 0.2) is 6.10 Å². The highest BCUT2D eigenvalue weighted by Crippen LogP contribution is 2.33. The van der Waals surface area contributed by atoms with Crippen molar-refractivity contribution < 1.29 is 23.9 Å². The highest BCUT2D eigenvalue weighted by Gasteiger charge is 2.31. The van der Waals surface area contributed by atoms with Crippen molar-refractivity contribution in [3.63, 3.8) is 0 Å². The van der Waals surface area contributed by atoms with E-state index < -0.39 is 12.0 Å². The number of hydrogen-bond acceptors (Lipinski definition) is 5. The van der Waals surface area contributed by atoms with E-state index in [-0.39, 0.29) is 31.3 Å². The molecule has 1 atom stereocenters. The van der Waals surface area contributed by atoms with Crippen LogP contribution in [0.5, 0.6) is 11.5 Å². The number of hydrogen-bond donors (Lipinski definition) is 1. The normalized spacial score (nSPS) is 15.0. The van der Waals surface area contributed by atoms with Crippen LogP contribution in [-0.2, 0) is 14.4 Å². The fourth-order valence-corrected chi connectivity index (χ4v) is 3.43. The van der Waals surface area contributed by atoms with Crippen LogP contribution in [-0.4, -0.2) is 56.0 Å². The lowest BCUT2D eigenvalue weighted by Gasteiger charge is -2.33. The molecule has 3 amide bonds. The van der Waals surface area contributed by atoms with Gasteiger partial charge in [0.2, 0.25) is 11.8 Å². The molecule has 0 fully saturated rings. The predicted molar refractivity (Wildman–Crippen MR) is 118 cm³/mol. The minimum Gasteiger partial charge on any atom is -0.495 e. The van der Waals surface area contributed by atoms with E-state index in [4.69, 9.17) is 21.1 Å². The van der Waals surface area contributed by atoms with Crippen LogP contribution >= 0.6 is 11.6 Å². The molecule has 3 rings (SSSR count). The molecule has 0 aromatic heterocycles. The molecule has 1 aliphatic rings. The number of ether oxygens (including phenoxy) is 2. The molecule has 0 bridgehead atoms. The first kappa shape index (κ1) is 22.4. The lowest BCUT2D eigenvalue weighted by atomic mass is 10.1. The second-order valence-corrected chi connectivity index (χ2v) is 7.55. The second-order valence-electron chi connectivity index (χ2n) is 7.11. The first-order valence-electron chi connectivity index (χ1n) is 9.74. The highest BCUT2D eigenvalue weighted by molar-refractivity contribution is 6.31. The van der Waals surface area contributed by atoms with Gasteiger partial charge in [-0.3, -0.25) is 14.4 Å². The summed E-state index contributed by atoms with van der Waals surface area (Å²) in [5, 5.41) is 3.15. The maximum atomic E-state index is 12.6. The fourth-order valence-electron chi connectivity index (χ4n) is 3.26. The summed E-state index contributed by atoms with van der Waals surface area (Å²) in [7, 11) is 3.02. The number of nitrogens with zero attached hydrogens (tertiary/aromatic N) is 2. The Morgan fingerprint density at radius 3 is 2.74 bits per heavy atom. The van der Waals surface area contributed by atoms with Crippen LogP contribution in [0.25, 0.3) is 0 Å². The third-order valence-corrected chi connectivity index (χ3v) is 5.10. The Balaban J connectivity index is 1.58. The predicted octanol–water partition coefficient (Wildman–Crippen LogP) is 2.95. The number of carbonyl (C=O) groups is 3. The SMILES string of the molecule is COc1ccc(Cl)cc1NC(=O)CN(C)C(=O)CCN1C(=O)C(C)Oc2ccccc21. The van der Waals surface area contributed by atoms with Gasteiger partial charge in [-0.15, -0.1) is 0 Å². The van der Waals surface area contributed by atoms with E-state index in [2.05, 4.69) is 5.32 Å². The number of likely N-dealkylation sites (N-methyl/N-ethyl adjacent to an activating group) is 1. The molecule has 2 aromatic rings. The summed E-state index contributed by atoms with van der Waals surface area (Å²) in [5.41, 5.74) is 1.05. The van der Waals surface area contributed by atoms with Crippen LogP contribution in [0.3, 0.4) is 0 Å². The van der Waals surface area contributed by atoms with Gasteiger partial charge in [-0.2, -0.15) is 0 Å². The Hall–Kier alpha value is -3.26. The minimum atomic E-state index is -0.624. The number of rotatable bonds is 7. The van der Waals surface area contributed by atoms with Crippen molar-refractivity contribution >= 4 is 40.7 Å². The largest absolute Gasteiger partial charge is 0.495 e.